The van der Waals surface area contributed by atoms with E-state index in [9.17, 15) is 9.59 Å². The molecule has 170 valence electrons. The fourth-order valence-electron chi connectivity index (χ4n) is 4.45. The molecule has 5 nitrogen and oxygen atoms in total. The van der Waals surface area contributed by atoms with Crippen LogP contribution < -0.4 is 5.32 Å². The molecule has 1 atom stereocenters. The highest BCUT2D eigenvalue weighted by Gasteiger charge is 2.32. The van der Waals surface area contributed by atoms with Gasteiger partial charge >= 0.3 is 0 Å². The summed E-state index contributed by atoms with van der Waals surface area (Å²) in [4.78, 5) is 29.5. The summed E-state index contributed by atoms with van der Waals surface area (Å²) < 4.78 is 0. The van der Waals surface area contributed by atoms with Crippen molar-refractivity contribution in [2.45, 2.75) is 44.0 Å². The summed E-state index contributed by atoms with van der Waals surface area (Å²) in [7, 11) is 0. The molecule has 2 fully saturated rings. The number of carbonyl (C=O) groups is 2. The van der Waals surface area contributed by atoms with Crippen LogP contribution in [0.1, 0.15) is 59.0 Å². The molecule has 0 aromatic heterocycles. The summed E-state index contributed by atoms with van der Waals surface area (Å²) in [6.07, 6.45) is 6.28. The smallest absolute Gasteiger partial charge is 0.251 e. The minimum absolute atomic E-state index is 0.00607. The number of rotatable bonds is 8. The summed E-state index contributed by atoms with van der Waals surface area (Å²) in [5.74, 6) is 0.635. The van der Waals surface area contributed by atoms with Crippen LogP contribution in [0.25, 0.3) is 0 Å². The van der Waals surface area contributed by atoms with Gasteiger partial charge in [-0.15, -0.1) is 11.8 Å². The van der Waals surface area contributed by atoms with Gasteiger partial charge in [0.15, 0.2) is 0 Å². The molecule has 2 aliphatic heterocycles. The Kier molecular flexibility index (Phi) is 8.24. The number of nitrogens with zero attached hydrogens (tertiary/aromatic N) is 2. The molecule has 4 rings (SSSR count). The molecule has 0 bridgehead atoms. The van der Waals surface area contributed by atoms with Gasteiger partial charge in [0, 0.05) is 18.7 Å². The average Bonchev–Trinajstić information content (AvgIpc) is 3.01. The highest BCUT2D eigenvalue weighted by molar-refractivity contribution is 8.00. The normalized spacial score (nSPS) is 19.7. The van der Waals surface area contributed by atoms with Crippen LogP contribution in [-0.2, 0) is 11.3 Å². The molecule has 2 amide bonds. The minimum atomic E-state index is -0.0243. The Bertz CT molecular complexity index is 880. The summed E-state index contributed by atoms with van der Waals surface area (Å²) in [5, 5.41) is 3.05. The van der Waals surface area contributed by atoms with Gasteiger partial charge in [0.05, 0.1) is 5.75 Å². The fraction of sp³-hybridized carbons (Fsp3) is 0.462. The molecule has 2 aliphatic rings. The summed E-state index contributed by atoms with van der Waals surface area (Å²) >= 11 is 1.65. The number of benzene rings is 2. The minimum Gasteiger partial charge on any atom is -0.352 e. The maximum absolute atomic E-state index is 12.5. The van der Waals surface area contributed by atoms with Gasteiger partial charge < -0.3 is 15.1 Å². The van der Waals surface area contributed by atoms with Crippen molar-refractivity contribution >= 4 is 23.6 Å². The molecule has 0 saturated carbocycles. The summed E-state index contributed by atoms with van der Waals surface area (Å²) in [5.41, 5.74) is 2.87. The van der Waals surface area contributed by atoms with E-state index in [0.717, 1.165) is 24.1 Å². The largest absolute Gasteiger partial charge is 0.352 e. The molecular weight excluding hydrogens is 418 g/mol. The van der Waals surface area contributed by atoms with E-state index >= 15 is 0 Å². The van der Waals surface area contributed by atoms with Gasteiger partial charge in [0.25, 0.3) is 5.91 Å². The van der Waals surface area contributed by atoms with Crippen molar-refractivity contribution < 1.29 is 9.59 Å². The Morgan fingerprint density at radius 3 is 2.41 bits per heavy atom. The number of likely N-dealkylation sites (tertiary alicyclic amines) is 1. The molecule has 2 aromatic carbocycles. The van der Waals surface area contributed by atoms with E-state index in [2.05, 4.69) is 10.2 Å². The predicted octanol–water partition coefficient (Wildman–Crippen LogP) is 4.46. The molecule has 2 aromatic rings. The number of carbonyl (C=O) groups excluding carboxylic acids is 2. The molecule has 1 unspecified atom stereocenters. The third-order valence-corrected chi connectivity index (χ3v) is 7.51. The lowest BCUT2D eigenvalue weighted by molar-refractivity contribution is -0.128. The molecule has 2 heterocycles. The molecule has 2 saturated heterocycles. The van der Waals surface area contributed by atoms with Gasteiger partial charge in [-0.2, -0.15) is 0 Å². The van der Waals surface area contributed by atoms with Crippen molar-refractivity contribution in [2.75, 3.05) is 31.9 Å². The zero-order valence-electron chi connectivity index (χ0n) is 18.7. The SMILES string of the molecule is O=C(NCCCN1CCCCCC1)c1ccc(C2SCC(=O)N2Cc2ccccc2)cc1. The number of nitrogens with one attached hydrogen (secondary N) is 1. The first-order valence-electron chi connectivity index (χ1n) is 11.8. The van der Waals surface area contributed by atoms with E-state index in [1.54, 1.807) is 11.8 Å². The summed E-state index contributed by atoms with van der Waals surface area (Å²) in [6, 6.07) is 17.8. The van der Waals surface area contributed by atoms with E-state index in [4.69, 9.17) is 0 Å². The van der Waals surface area contributed by atoms with Crippen LogP contribution in [0.5, 0.6) is 0 Å². The van der Waals surface area contributed by atoms with Crippen molar-refractivity contribution in [2.24, 2.45) is 0 Å². The second-order valence-corrected chi connectivity index (χ2v) is 9.73. The monoisotopic (exact) mass is 451 g/mol. The van der Waals surface area contributed by atoms with Crippen LogP contribution in [0, 0.1) is 0 Å². The maximum atomic E-state index is 12.5. The molecule has 0 spiro atoms. The van der Waals surface area contributed by atoms with Crippen LogP contribution in [0.3, 0.4) is 0 Å². The van der Waals surface area contributed by atoms with Crippen molar-refractivity contribution in [3.8, 4) is 0 Å². The second-order valence-electron chi connectivity index (χ2n) is 8.66. The number of hydrogen-bond donors (Lipinski definition) is 1. The Labute approximate surface area is 195 Å². The topological polar surface area (TPSA) is 52.7 Å². The van der Waals surface area contributed by atoms with Crippen LogP contribution in [-0.4, -0.2) is 53.5 Å². The zero-order valence-corrected chi connectivity index (χ0v) is 19.5. The third kappa shape index (κ3) is 6.14. The van der Waals surface area contributed by atoms with Crippen LogP contribution in [0.2, 0.25) is 0 Å². The molecule has 1 N–H and O–H groups in total. The lowest BCUT2D eigenvalue weighted by atomic mass is 10.1. The summed E-state index contributed by atoms with van der Waals surface area (Å²) in [6.45, 7) is 4.76. The maximum Gasteiger partial charge on any atom is 0.251 e. The van der Waals surface area contributed by atoms with Gasteiger partial charge in [-0.25, -0.2) is 0 Å². The van der Waals surface area contributed by atoms with E-state index in [1.807, 2.05) is 59.5 Å². The first-order valence-corrected chi connectivity index (χ1v) is 12.8. The van der Waals surface area contributed by atoms with Gasteiger partial charge in [-0.1, -0.05) is 55.3 Å². The predicted molar refractivity (Wildman–Crippen MR) is 130 cm³/mol. The highest BCUT2D eigenvalue weighted by atomic mass is 32.2. The first kappa shape index (κ1) is 22.9. The van der Waals surface area contributed by atoms with Gasteiger partial charge in [0.1, 0.15) is 5.37 Å². The van der Waals surface area contributed by atoms with E-state index in [1.165, 1.54) is 38.8 Å². The molecular formula is C26H33N3O2S. The van der Waals surface area contributed by atoms with Crippen molar-refractivity contribution in [3.05, 3.63) is 71.3 Å². The fourth-order valence-corrected chi connectivity index (χ4v) is 5.63. The Balaban J connectivity index is 1.28. The highest BCUT2D eigenvalue weighted by Crippen LogP contribution is 2.39. The Hall–Kier alpha value is -2.31. The van der Waals surface area contributed by atoms with E-state index in [0.29, 0.717) is 24.4 Å². The zero-order chi connectivity index (χ0) is 22.2. The van der Waals surface area contributed by atoms with Gasteiger partial charge in [-0.3, -0.25) is 9.59 Å². The Morgan fingerprint density at radius 1 is 0.969 bits per heavy atom. The lowest BCUT2D eigenvalue weighted by Crippen LogP contribution is -2.30. The first-order chi connectivity index (χ1) is 15.7. The van der Waals surface area contributed by atoms with E-state index < -0.39 is 0 Å². The van der Waals surface area contributed by atoms with Crippen LogP contribution >= 0.6 is 11.8 Å². The quantitative estimate of drug-likeness (QED) is 0.602. The molecule has 0 aliphatic carbocycles. The lowest BCUT2D eigenvalue weighted by Gasteiger charge is -2.24. The number of thioether (sulfide) groups is 1. The second kappa shape index (κ2) is 11.5. The molecule has 6 heteroatoms. The Morgan fingerprint density at radius 2 is 1.69 bits per heavy atom. The molecule has 32 heavy (non-hydrogen) atoms. The van der Waals surface area contributed by atoms with Gasteiger partial charge in [0.2, 0.25) is 5.91 Å². The van der Waals surface area contributed by atoms with E-state index in [-0.39, 0.29) is 17.2 Å². The molecule has 0 radical (unpaired) electrons. The van der Waals surface area contributed by atoms with Crippen LogP contribution in [0.15, 0.2) is 54.6 Å². The standard InChI is InChI=1S/C26H33N3O2S/c30-24-20-32-26(29(24)19-21-9-4-3-5-10-21)23-13-11-22(12-14-23)25(31)27-15-8-18-28-16-6-1-2-7-17-28/h3-5,9-14,26H,1-2,6-8,15-20H2,(H,27,31). The number of hydrogen-bond acceptors (Lipinski definition) is 4. The number of amides is 2. The van der Waals surface area contributed by atoms with Gasteiger partial charge in [-0.05, 0) is 62.2 Å². The average molecular weight is 452 g/mol. The van der Waals surface area contributed by atoms with Crippen molar-refractivity contribution in [1.29, 1.82) is 0 Å². The van der Waals surface area contributed by atoms with Crippen molar-refractivity contribution in [1.82, 2.24) is 15.1 Å². The van der Waals surface area contributed by atoms with Crippen molar-refractivity contribution in [3.63, 3.8) is 0 Å². The third-order valence-electron chi connectivity index (χ3n) is 6.26. The van der Waals surface area contributed by atoms with Crippen LogP contribution in [0.4, 0.5) is 0 Å².